The second-order valence-corrected chi connectivity index (χ2v) is 6.87. The summed E-state index contributed by atoms with van der Waals surface area (Å²) < 4.78 is 0. The number of pyridine rings is 1. The fourth-order valence-corrected chi connectivity index (χ4v) is 3.84. The average molecular weight is 357 g/mol. The molecule has 6 nitrogen and oxygen atoms in total. The predicted molar refractivity (Wildman–Crippen MR) is 107 cm³/mol. The highest BCUT2D eigenvalue weighted by Gasteiger charge is 2.22. The van der Waals surface area contributed by atoms with E-state index in [-0.39, 0.29) is 5.88 Å². The number of rotatable bonds is 4. The molecule has 1 aliphatic heterocycles. The Labute approximate surface area is 156 Å². The van der Waals surface area contributed by atoms with Crippen molar-refractivity contribution in [3.8, 4) is 5.88 Å². The van der Waals surface area contributed by atoms with E-state index in [4.69, 9.17) is 0 Å². The van der Waals surface area contributed by atoms with Crippen molar-refractivity contribution in [2.45, 2.75) is 18.8 Å². The molecule has 27 heavy (non-hydrogen) atoms. The summed E-state index contributed by atoms with van der Waals surface area (Å²) in [5.74, 6) is 1.71. The first kappa shape index (κ1) is 15.8. The number of allylic oxidation sites excluding steroid dienone is 1. The van der Waals surface area contributed by atoms with Gasteiger partial charge in [-0.2, -0.15) is 4.98 Å². The Bertz CT molecular complexity index is 1070. The SMILES string of the molecule is Oc1nc(NCC2CCc3ccccc32)[nH]c1C=C1C=Nc2ncccc21. The fourth-order valence-electron chi connectivity index (χ4n) is 3.84. The molecule has 3 aromatic rings. The van der Waals surface area contributed by atoms with Gasteiger partial charge >= 0.3 is 0 Å². The molecule has 1 atom stereocenters. The number of imidazole rings is 1. The molecule has 3 heterocycles. The molecule has 0 amide bonds. The summed E-state index contributed by atoms with van der Waals surface area (Å²) in [7, 11) is 0. The van der Waals surface area contributed by atoms with E-state index in [9.17, 15) is 5.11 Å². The van der Waals surface area contributed by atoms with Crippen molar-refractivity contribution in [2.24, 2.45) is 4.99 Å². The predicted octanol–water partition coefficient (Wildman–Crippen LogP) is 3.91. The van der Waals surface area contributed by atoms with Crippen LogP contribution in [-0.2, 0) is 6.42 Å². The van der Waals surface area contributed by atoms with Gasteiger partial charge in [-0.1, -0.05) is 24.3 Å². The minimum absolute atomic E-state index is 0.0254. The lowest BCUT2D eigenvalue weighted by Crippen LogP contribution is -2.11. The zero-order valence-corrected chi connectivity index (χ0v) is 14.7. The molecule has 1 unspecified atom stereocenters. The fraction of sp³-hybridized carbons (Fsp3) is 0.190. The zero-order valence-electron chi connectivity index (χ0n) is 14.7. The van der Waals surface area contributed by atoms with E-state index in [1.807, 2.05) is 18.2 Å². The van der Waals surface area contributed by atoms with E-state index in [0.29, 0.717) is 23.4 Å². The Morgan fingerprint density at radius 3 is 3.11 bits per heavy atom. The summed E-state index contributed by atoms with van der Waals surface area (Å²) in [6, 6.07) is 12.4. The molecule has 1 aliphatic carbocycles. The molecule has 2 aromatic heterocycles. The Morgan fingerprint density at radius 2 is 2.15 bits per heavy atom. The number of aromatic nitrogens is 3. The summed E-state index contributed by atoms with van der Waals surface area (Å²) in [4.78, 5) is 15.9. The third kappa shape index (κ3) is 2.89. The maximum Gasteiger partial charge on any atom is 0.238 e. The number of nitrogens with one attached hydrogen (secondary N) is 2. The number of hydrogen-bond donors (Lipinski definition) is 3. The van der Waals surface area contributed by atoms with Crippen LogP contribution in [0, 0.1) is 0 Å². The van der Waals surface area contributed by atoms with Crippen LogP contribution >= 0.6 is 0 Å². The van der Waals surface area contributed by atoms with Gasteiger partial charge in [0.1, 0.15) is 5.69 Å². The van der Waals surface area contributed by atoms with Gasteiger partial charge in [-0.3, -0.25) is 0 Å². The van der Waals surface area contributed by atoms with E-state index >= 15 is 0 Å². The van der Waals surface area contributed by atoms with Gasteiger partial charge in [0.25, 0.3) is 0 Å². The minimum Gasteiger partial charge on any atom is -0.492 e. The van der Waals surface area contributed by atoms with Crippen molar-refractivity contribution in [2.75, 3.05) is 11.9 Å². The number of anilines is 1. The Balaban J connectivity index is 1.33. The normalized spacial score (nSPS) is 18.7. The molecule has 6 heteroatoms. The number of fused-ring (bicyclic) bond motifs is 2. The highest BCUT2D eigenvalue weighted by atomic mass is 16.3. The molecule has 0 fully saturated rings. The summed E-state index contributed by atoms with van der Waals surface area (Å²) in [5.41, 5.74) is 5.25. The molecule has 0 saturated heterocycles. The van der Waals surface area contributed by atoms with E-state index in [1.54, 1.807) is 12.4 Å². The number of aromatic hydroxyl groups is 1. The monoisotopic (exact) mass is 357 g/mol. The van der Waals surface area contributed by atoms with Crippen LogP contribution in [0.2, 0.25) is 0 Å². The van der Waals surface area contributed by atoms with Crippen LogP contribution in [0.15, 0.2) is 47.6 Å². The molecule has 1 aromatic carbocycles. The summed E-state index contributed by atoms with van der Waals surface area (Å²) >= 11 is 0. The molecule has 2 aliphatic rings. The van der Waals surface area contributed by atoms with Crippen LogP contribution in [0.25, 0.3) is 11.6 Å². The topological polar surface area (TPSA) is 86.2 Å². The van der Waals surface area contributed by atoms with Crippen molar-refractivity contribution < 1.29 is 5.11 Å². The van der Waals surface area contributed by atoms with E-state index in [2.05, 4.69) is 49.5 Å². The number of aromatic amines is 1. The molecule has 134 valence electrons. The first-order valence-electron chi connectivity index (χ1n) is 9.10. The number of hydrogen-bond acceptors (Lipinski definition) is 5. The van der Waals surface area contributed by atoms with Gasteiger partial charge in [0, 0.05) is 36.0 Å². The van der Waals surface area contributed by atoms with Crippen molar-refractivity contribution in [1.29, 1.82) is 0 Å². The lowest BCUT2D eigenvalue weighted by molar-refractivity contribution is 0.455. The number of aliphatic imine (C=N–C) groups is 1. The second-order valence-electron chi connectivity index (χ2n) is 6.87. The third-order valence-electron chi connectivity index (χ3n) is 5.21. The molecule has 0 spiro atoms. The molecule has 0 saturated carbocycles. The number of benzene rings is 1. The molecular weight excluding hydrogens is 338 g/mol. The third-order valence-corrected chi connectivity index (χ3v) is 5.21. The lowest BCUT2D eigenvalue weighted by Gasteiger charge is -2.11. The highest BCUT2D eigenvalue weighted by molar-refractivity contribution is 6.20. The lowest BCUT2D eigenvalue weighted by atomic mass is 10.0. The second kappa shape index (κ2) is 6.39. The number of H-pyrrole nitrogens is 1. The van der Waals surface area contributed by atoms with Crippen LogP contribution in [0.3, 0.4) is 0 Å². The van der Waals surface area contributed by atoms with Gasteiger partial charge in [0.2, 0.25) is 11.8 Å². The van der Waals surface area contributed by atoms with Gasteiger partial charge in [0.05, 0.1) is 0 Å². The summed E-state index contributed by atoms with van der Waals surface area (Å²) in [6.45, 7) is 0.786. The van der Waals surface area contributed by atoms with Crippen molar-refractivity contribution in [1.82, 2.24) is 15.0 Å². The van der Waals surface area contributed by atoms with E-state index in [1.165, 1.54) is 11.1 Å². The first-order valence-corrected chi connectivity index (χ1v) is 9.10. The maximum absolute atomic E-state index is 10.2. The molecule has 0 radical (unpaired) electrons. The van der Waals surface area contributed by atoms with Gasteiger partial charge < -0.3 is 15.4 Å². The Kier molecular flexibility index (Phi) is 3.74. The average Bonchev–Trinajstić information content (AvgIpc) is 3.38. The standard InChI is InChI=1S/C21H19N5O/c27-20-18(10-15-12-23-19-17(15)6-3-9-22-19)25-21(26-20)24-11-14-8-7-13-4-1-2-5-16(13)14/h1-6,9-10,12,14,27H,7-8,11H2,(H2,24,25,26). The maximum atomic E-state index is 10.2. The van der Waals surface area contributed by atoms with Crippen LogP contribution in [0.1, 0.15) is 34.7 Å². The largest absolute Gasteiger partial charge is 0.492 e. The van der Waals surface area contributed by atoms with Gasteiger partial charge in [-0.15, -0.1) is 0 Å². The van der Waals surface area contributed by atoms with E-state index in [0.717, 1.165) is 30.5 Å². The van der Waals surface area contributed by atoms with Crippen LogP contribution in [0.5, 0.6) is 5.88 Å². The molecule has 5 rings (SSSR count). The summed E-state index contributed by atoms with van der Waals surface area (Å²) in [5, 5.41) is 13.5. The zero-order chi connectivity index (χ0) is 18.2. The van der Waals surface area contributed by atoms with E-state index < -0.39 is 0 Å². The number of nitrogens with zero attached hydrogens (tertiary/aromatic N) is 3. The minimum atomic E-state index is -0.0254. The quantitative estimate of drug-likeness (QED) is 0.661. The van der Waals surface area contributed by atoms with Gasteiger partial charge in [0.15, 0.2) is 5.82 Å². The molecule has 3 N–H and O–H groups in total. The van der Waals surface area contributed by atoms with Gasteiger partial charge in [-0.05, 0) is 42.2 Å². The Morgan fingerprint density at radius 1 is 1.22 bits per heavy atom. The first-order chi connectivity index (χ1) is 13.3. The molecular formula is C21H19N5O. The van der Waals surface area contributed by atoms with Gasteiger partial charge in [-0.25, -0.2) is 9.98 Å². The van der Waals surface area contributed by atoms with Crippen LogP contribution in [-0.4, -0.2) is 32.8 Å². The molecule has 0 bridgehead atoms. The smallest absolute Gasteiger partial charge is 0.238 e. The summed E-state index contributed by atoms with van der Waals surface area (Å²) in [6.07, 6.45) is 7.57. The highest BCUT2D eigenvalue weighted by Crippen LogP contribution is 2.34. The van der Waals surface area contributed by atoms with Crippen molar-refractivity contribution >= 4 is 29.6 Å². The van der Waals surface area contributed by atoms with Crippen LogP contribution < -0.4 is 5.32 Å². The van der Waals surface area contributed by atoms with Crippen molar-refractivity contribution in [3.05, 3.63) is 65.0 Å². The number of aryl methyl sites for hydroxylation is 1. The van der Waals surface area contributed by atoms with Crippen molar-refractivity contribution in [3.63, 3.8) is 0 Å². The Hall–Kier alpha value is -3.41. The van der Waals surface area contributed by atoms with Crippen LogP contribution in [0.4, 0.5) is 11.8 Å².